The van der Waals surface area contributed by atoms with E-state index in [0.717, 1.165) is 6.61 Å². The average Bonchev–Trinajstić information content (AvgIpc) is 2.38. The van der Waals surface area contributed by atoms with Crippen molar-refractivity contribution in [2.75, 3.05) is 39.9 Å². The second-order valence-electron chi connectivity index (χ2n) is 3.78. The number of methoxy groups -OCH3 is 2. The molecule has 0 heterocycles. The van der Waals surface area contributed by atoms with Crippen molar-refractivity contribution in [3.63, 3.8) is 0 Å². The van der Waals surface area contributed by atoms with Crippen molar-refractivity contribution in [1.82, 2.24) is 0 Å². The van der Waals surface area contributed by atoms with Crippen LogP contribution in [0.4, 0.5) is 0 Å². The molecule has 0 aromatic carbocycles. The van der Waals surface area contributed by atoms with Crippen LogP contribution in [0.3, 0.4) is 0 Å². The van der Waals surface area contributed by atoms with Crippen molar-refractivity contribution in [3.05, 3.63) is 26.4 Å². The Bertz CT molecular complexity index is 264. The number of halogens is 1. The Kier molecular flexibility index (Phi) is 102. The largest absolute Gasteiger partial charge is 1.00 e. The summed E-state index contributed by atoms with van der Waals surface area (Å²) in [6, 6.07) is 0. The number of nitrogens with zero attached hydrogens (tertiary/aromatic N) is 6. The predicted octanol–water partition coefficient (Wildman–Crippen LogP) is 3.50. The first-order chi connectivity index (χ1) is 9.03. The van der Waals surface area contributed by atoms with Gasteiger partial charge in [-0.3, -0.25) is 4.91 Å². The molecule has 0 spiro atoms. The third kappa shape index (κ3) is 67.7. The van der Waals surface area contributed by atoms with Gasteiger partial charge in [-0.2, -0.15) is 0 Å². The Hall–Kier alpha value is -0.170. The third-order valence-electron chi connectivity index (χ3n) is 1.62. The first kappa shape index (κ1) is 49.6. The Labute approximate surface area is 177 Å². The van der Waals surface area contributed by atoms with Crippen molar-refractivity contribution in [2.24, 2.45) is 17.0 Å². The van der Waals surface area contributed by atoms with Crippen LogP contribution in [0.15, 0.2) is 5.11 Å². The van der Waals surface area contributed by atoms with E-state index < -0.39 is 0 Å². The molecule has 8 nitrogen and oxygen atoms in total. The van der Waals surface area contributed by atoms with Crippen LogP contribution in [-0.4, -0.2) is 39.9 Å². The van der Waals surface area contributed by atoms with Gasteiger partial charge in [-0.05, 0) is 17.4 Å². The summed E-state index contributed by atoms with van der Waals surface area (Å²) in [6.07, 6.45) is 0. The molecule has 0 amide bonds. The first-order valence-electron chi connectivity index (χ1n) is 5.57. The summed E-state index contributed by atoms with van der Waals surface area (Å²) >= 11 is 5.45. The molecule has 0 rings (SSSR count). The number of hydrogen-bond donors (Lipinski definition) is 0. The number of hydrogen-bond acceptors (Lipinski definition) is 3. The van der Waals surface area contributed by atoms with Crippen molar-refractivity contribution in [2.45, 2.75) is 43.6 Å². The van der Waals surface area contributed by atoms with Crippen molar-refractivity contribution < 1.29 is 39.0 Å². The SMILES string of the molecule is C.C.C.C.COCC(C)CCl.COCC(C)CN=[N+]=[N-].[N-]=[N+]=[N-].[Na+]. The van der Waals surface area contributed by atoms with Gasteiger partial charge in [0.1, 0.15) is 0 Å². The van der Waals surface area contributed by atoms with E-state index in [0.29, 0.717) is 30.9 Å². The molecule has 0 saturated carbocycles. The fourth-order valence-electron chi connectivity index (χ4n) is 0.842. The van der Waals surface area contributed by atoms with Gasteiger partial charge >= 0.3 is 29.6 Å². The molecule has 0 saturated heterocycles. The van der Waals surface area contributed by atoms with Crippen LogP contribution in [-0.2, 0) is 9.47 Å². The van der Waals surface area contributed by atoms with Gasteiger partial charge in [0.2, 0.25) is 0 Å². The van der Waals surface area contributed by atoms with E-state index in [9.17, 15) is 0 Å². The summed E-state index contributed by atoms with van der Waals surface area (Å²) in [5.41, 5.74) is 21.4. The molecule has 0 aliphatic heterocycles. The second-order valence-corrected chi connectivity index (χ2v) is 4.09. The van der Waals surface area contributed by atoms with E-state index in [2.05, 4.69) is 16.9 Å². The molecule has 0 N–H and O–H groups in total. The Balaban J connectivity index is -0.0000000262. The Morgan fingerprint density at radius 1 is 0.917 bits per heavy atom. The van der Waals surface area contributed by atoms with Gasteiger partial charge in [-0.1, -0.05) is 48.7 Å². The summed E-state index contributed by atoms with van der Waals surface area (Å²) in [5.74, 6) is 1.51. The maximum Gasteiger partial charge on any atom is 1.00 e. The van der Waals surface area contributed by atoms with Crippen molar-refractivity contribution >= 4 is 11.6 Å². The molecular formula is C14H38ClN6NaO2. The number of alkyl halides is 1. The van der Waals surface area contributed by atoms with Crippen molar-refractivity contribution in [3.8, 4) is 0 Å². The zero-order chi connectivity index (χ0) is 15.5. The molecule has 0 aliphatic rings. The smallest absolute Gasteiger partial charge is 0.384 e. The number of ether oxygens (including phenoxy) is 2. The van der Waals surface area contributed by atoms with E-state index >= 15 is 0 Å². The van der Waals surface area contributed by atoms with Crippen LogP contribution in [0.2, 0.25) is 0 Å². The second kappa shape index (κ2) is 49.5. The van der Waals surface area contributed by atoms with Gasteiger partial charge in [0.25, 0.3) is 0 Å². The summed E-state index contributed by atoms with van der Waals surface area (Å²) in [5, 5.41) is 3.39. The molecule has 0 fully saturated rings. The number of azide groups is 1. The minimum absolute atomic E-state index is 0. The van der Waals surface area contributed by atoms with E-state index in [1.165, 1.54) is 4.91 Å². The molecule has 0 bridgehead atoms. The zero-order valence-electron chi connectivity index (χ0n) is 12.9. The minimum atomic E-state index is 0. The maximum absolute atomic E-state index is 7.90. The van der Waals surface area contributed by atoms with Crippen LogP contribution in [0, 0.1) is 11.8 Å². The predicted molar refractivity (Wildman–Crippen MR) is 104 cm³/mol. The van der Waals surface area contributed by atoms with Gasteiger partial charge in [0.15, 0.2) is 0 Å². The summed E-state index contributed by atoms with van der Waals surface area (Å²) in [7, 11) is 3.32. The van der Waals surface area contributed by atoms with Crippen LogP contribution in [0.5, 0.6) is 0 Å². The molecule has 0 radical (unpaired) electrons. The molecule has 0 aliphatic carbocycles. The van der Waals surface area contributed by atoms with Gasteiger partial charge in [0, 0.05) is 44.8 Å². The van der Waals surface area contributed by atoms with Gasteiger partial charge < -0.3 is 20.5 Å². The molecular weight excluding hydrogens is 343 g/mol. The fraction of sp³-hybridized carbons (Fsp3) is 1.00. The van der Waals surface area contributed by atoms with Gasteiger partial charge in [0.05, 0.1) is 0 Å². The topological polar surface area (TPSA) is 126 Å². The van der Waals surface area contributed by atoms with Crippen LogP contribution in [0.1, 0.15) is 43.6 Å². The van der Waals surface area contributed by atoms with E-state index in [1.807, 2.05) is 6.92 Å². The molecule has 0 aromatic rings. The van der Waals surface area contributed by atoms with Crippen LogP contribution >= 0.6 is 11.6 Å². The zero-order valence-corrected chi connectivity index (χ0v) is 15.6. The van der Waals surface area contributed by atoms with Crippen molar-refractivity contribution in [1.29, 1.82) is 0 Å². The molecule has 0 aromatic heterocycles. The first-order valence-corrected chi connectivity index (χ1v) is 6.10. The monoisotopic (exact) mass is 380 g/mol. The maximum atomic E-state index is 7.90. The molecule has 2 atom stereocenters. The Morgan fingerprint density at radius 2 is 1.25 bits per heavy atom. The van der Waals surface area contributed by atoms with Crippen LogP contribution < -0.4 is 29.6 Å². The quantitative estimate of drug-likeness (QED) is 0.220. The minimum Gasteiger partial charge on any atom is -0.384 e. The summed E-state index contributed by atoms with van der Waals surface area (Å²) < 4.78 is 9.63. The molecule has 2 unspecified atom stereocenters. The molecule has 24 heavy (non-hydrogen) atoms. The van der Waals surface area contributed by atoms with E-state index in [4.69, 9.17) is 37.7 Å². The average molecular weight is 381 g/mol. The number of rotatable bonds is 7. The summed E-state index contributed by atoms with van der Waals surface area (Å²) in [4.78, 5) is 4.13. The van der Waals surface area contributed by atoms with E-state index in [-0.39, 0.29) is 59.3 Å². The van der Waals surface area contributed by atoms with Crippen LogP contribution in [0.25, 0.3) is 26.4 Å². The Morgan fingerprint density at radius 3 is 1.46 bits per heavy atom. The van der Waals surface area contributed by atoms with Gasteiger partial charge in [-0.15, -0.1) is 11.6 Å². The van der Waals surface area contributed by atoms with E-state index in [1.54, 1.807) is 14.2 Å². The molecule has 10 heteroatoms. The fourth-order valence-corrected chi connectivity index (χ4v) is 0.931. The standard InChI is InChI=1S/C5H11ClO.C5H11N3O.4CH4.N3.Na/c1-5(3-6)4-7-2;1-5(4-9-2)3-7-8-6;;;;;1-3-2;/h5H,3-4H2,1-2H3;5H,3-4H2,1-2H3;4*1H4;;/q;;;;;;-1;+1. The van der Waals surface area contributed by atoms with Gasteiger partial charge in [-0.25, -0.2) is 0 Å². The normalized spacial score (nSPS) is 9.04. The summed E-state index contributed by atoms with van der Waals surface area (Å²) in [6.45, 7) is 5.96. The third-order valence-corrected chi connectivity index (χ3v) is 2.15. The molecule has 144 valence electrons.